The van der Waals surface area contributed by atoms with Crippen LogP contribution in [0.5, 0.6) is 0 Å². The third kappa shape index (κ3) is 5.57. The number of ether oxygens (including phenoxy) is 1. The first-order chi connectivity index (χ1) is 25.6. The van der Waals surface area contributed by atoms with Crippen molar-refractivity contribution < 1.29 is 4.74 Å². The summed E-state index contributed by atoms with van der Waals surface area (Å²) in [6.07, 6.45) is 1.78. The van der Waals surface area contributed by atoms with E-state index in [0.29, 0.717) is 5.90 Å². The Hall–Kier alpha value is -5.48. The molecular formula is C50H49N3O. The van der Waals surface area contributed by atoms with Crippen LogP contribution in [0.2, 0.25) is 0 Å². The zero-order valence-electron chi connectivity index (χ0n) is 33.2. The quantitative estimate of drug-likeness (QED) is 0.183. The number of nitrogens with zero attached hydrogens (tertiary/aromatic N) is 3. The lowest BCUT2D eigenvalue weighted by atomic mass is 9.80. The van der Waals surface area contributed by atoms with E-state index >= 15 is 0 Å². The highest BCUT2D eigenvalue weighted by Gasteiger charge is 2.41. The normalized spacial score (nSPS) is 16.6. The Morgan fingerprint density at radius 3 is 1.94 bits per heavy atom. The van der Waals surface area contributed by atoms with Crippen molar-refractivity contribution in [3.63, 3.8) is 0 Å². The SMILES string of the molecule is Cc1ccc2c(c1)-c1cc(C)ccc1[C@@H]1OC(c3cc(-n4c5ccc(C)cc5c5cc(C)c(-c6cc(C(C)(C)C)ccn6)cc54)cc(C(C)(C)C)c3)=N[C@H]21. The van der Waals surface area contributed by atoms with Gasteiger partial charge in [-0.05, 0) is 127 Å². The highest BCUT2D eigenvalue weighted by Crippen LogP contribution is 2.52. The van der Waals surface area contributed by atoms with Gasteiger partial charge in [0, 0.05) is 39.3 Å². The van der Waals surface area contributed by atoms with Gasteiger partial charge in [-0.1, -0.05) is 101 Å². The van der Waals surface area contributed by atoms with Crippen LogP contribution in [0.1, 0.15) is 104 Å². The Kier molecular flexibility index (Phi) is 7.63. The van der Waals surface area contributed by atoms with E-state index in [1.807, 2.05) is 6.20 Å². The molecule has 3 heterocycles. The molecule has 0 saturated carbocycles. The first kappa shape index (κ1) is 34.3. The molecule has 54 heavy (non-hydrogen) atoms. The Balaban J connectivity index is 1.26. The van der Waals surface area contributed by atoms with Gasteiger partial charge in [-0.25, -0.2) is 4.99 Å². The van der Waals surface area contributed by atoms with Gasteiger partial charge < -0.3 is 9.30 Å². The van der Waals surface area contributed by atoms with Crippen LogP contribution >= 0.6 is 0 Å². The van der Waals surface area contributed by atoms with Crippen molar-refractivity contribution in [2.75, 3.05) is 0 Å². The molecule has 2 aliphatic rings. The topological polar surface area (TPSA) is 39.4 Å². The average Bonchev–Trinajstić information content (AvgIpc) is 3.70. The Morgan fingerprint density at radius 1 is 0.574 bits per heavy atom. The standard InChI is InChI=1S/C50H49N3O/c1-28-11-14-36-39(19-28)40-20-29(2)12-15-37(40)47-46(36)52-48(54-47)32-23-34(50(8,9)10)25-35(24-32)53-44-16-13-30(3)21-41(44)42-22-31(4)38(27-45(42)53)43-26-33(17-18-51-43)49(5,6)7/h11-27,46-47H,1-10H3/t46-,47+/m1/s1. The third-order valence-corrected chi connectivity index (χ3v) is 11.6. The van der Waals surface area contributed by atoms with Gasteiger partial charge in [0.05, 0.1) is 16.7 Å². The second-order valence-electron chi connectivity index (χ2n) is 17.8. The molecule has 270 valence electrons. The average molecular weight is 708 g/mol. The smallest absolute Gasteiger partial charge is 0.217 e. The molecule has 0 N–H and O–H groups in total. The van der Waals surface area contributed by atoms with Crippen LogP contribution in [0.3, 0.4) is 0 Å². The molecule has 1 aliphatic heterocycles. The molecular weight excluding hydrogens is 659 g/mol. The van der Waals surface area contributed by atoms with Gasteiger partial charge in [0.15, 0.2) is 6.10 Å². The summed E-state index contributed by atoms with van der Waals surface area (Å²) in [7, 11) is 0. The predicted molar refractivity (Wildman–Crippen MR) is 225 cm³/mol. The molecule has 0 fully saturated rings. The van der Waals surface area contributed by atoms with Gasteiger partial charge in [0.25, 0.3) is 0 Å². The second-order valence-corrected chi connectivity index (χ2v) is 17.8. The largest absolute Gasteiger partial charge is 0.467 e. The number of pyridine rings is 1. The van der Waals surface area contributed by atoms with E-state index < -0.39 is 0 Å². The lowest BCUT2D eigenvalue weighted by molar-refractivity contribution is 0.195. The number of hydrogen-bond acceptors (Lipinski definition) is 3. The molecule has 2 aromatic heterocycles. The van der Waals surface area contributed by atoms with Crippen molar-refractivity contribution in [1.29, 1.82) is 0 Å². The van der Waals surface area contributed by atoms with Gasteiger partial charge in [-0.3, -0.25) is 4.98 Å². The van der Waals surface area contributed by atoms with Crippen LogP contribution in [0, 0.1) is 27.7 Å². The van der Waals surface area contributed by atoms with Crippen LogP contribution in [-0.4, -0.2) is 15.4 Å². The van der Waals surface area contributed by atoms with Gasteiger partial charge in [-0.2, -0.15) is 0 Å². The molecule has 0 spiro atoms. The predicted octanol–water partition coefficient (Wildman–Crippen LogP) is 12.9. The van der Waals surface area contributed by atoms with Crippen molar-refractivity contribution in [1.82, 2.24) is 9.55 Å². The third-order valence-electron chi connectivity index (χ3n) is 11.6. The highest BCUT2D eigenvalue weighted by molar-refractivity contribution is 6.11. The Bertz CT molecular complexity index is 2710. The van der Waals surface area contributed by atoms with E-state index in [1.165, 1.54) is 71.9 Å². The van der Waals surface area contributed by atoms with Crippen LogP contribution in [0.15, 0.2) is 108 Å². The van der Waals surface area contributed by atoms with Crippen LogP contribution in [-0.2, 0) is 15.6 Å². The number of aromatic nitrogens is 2. The minimum atomic E-state index is -0.175. The molecule has 5 aromatic carbocycles. The minimum absolute atomic E-state index is 0.0243. The van der Waals surface area contributed by atoms with E-state index in [-0.39, 0.29) is 23.0 Å². The van der Waals surface area contributed by atoms with E-state index in [2.05, 4.69) is 171 Å². The summed E-state index contributed by atoms with van der Waals surface area (Å²) in [5, 5.41) is 2.49. The van der Waals surface area contributed by atoms with E-state index in [1.54, 1.807) is 0 Å². The zero-order valence-corrected chi connectivity index (χ0v) is 33.2. The van der Waals surface area contributed by atoms with Crippen LogP contribution < -0.4 is 0 Å². The summed E-state index contributed by atoms with van der Waals surface area (Å²) in [6, 6.07) is 36.3. The minimum Gasteiger partial charge on any atom is -0.467 e. The van der Waals surface area contributed by atoms with Crippen LogP contribution in [0.4, 0.5) is 0 Å². The van der Waals surface area contributed by atoms with Crippen molar-refractivity contribution >= 4 is 27.7 Å². The molecule has 9 rings (SSSR count). The monoisotopic (exact) mass is 707 g/mol. The fourth-order valence-corrected chi connectivity index (χ4v) is 8.51. The molecule has 2 atom stereocenters. The van der Waals surface area contributed by atoms with Crippen molar-refractivity contribution in [3.8, 4) is 28.1 Å². The number of benzene rings is 5. The van der Waals surface area contributed by atoms with E-state index in [9.17, 15) is 0 Å². The van der Waals surface area contributed by atoms with E-state index in [4.69, 9.17) is 14.7 Å². The molecule has 0 saturated heterocycles. The lowest BCUT2D eigenvalue weighted by Crippen LogP contribution is -2.16. The molecule has 0 radical (unpaired) electrons. The number of hydrogen-bond donors (Lipinski definition) is 0. The highest BCUT2D eigenvalue weighted by atomic mass is 16.5. The molecule has 1 aliphatic carbocycles. The molecule has 4 heteroatoms. The fraction of sp³-hybridized carbons (Fsp3) is 0.280. The summed E-state index contributed by atoms with van der Waals surface area (Å²) in [4.78, 5) is 10.3. The van der Waals surface area contributed by atoms with Crippen LogP contribution in [0.25, 0.3) is 49.9 Å². The van der Waals surface area contributed by atoms with Gasteiger partial charge in [-0.15, -0.1) is 0 Å². The zero-order chi connectivity index (χ0) is 37.8. The summed E-state index contributed by atoms with van der Waals surface area (Å²) >= 11 is 0. The number of fused-ring (bicyclic) bond motifs is 9. The number of aryl methyl sites for hydroxylation is 4. The maximum atomic E-state index is 7.00. The maximum Gasteiger partial charge on any atom is 0.217 e. The second kappa shape index (κ2) is 12.0. The maximum absolute atomic E-state index is 7.00. The van der Waals surface area contributed by atoms with Crippen molar-refractivity contribution in [3.05, 3.63) is 153 Å². The fourth-order valence-electron chi connectivity index (χ4n) is 8.51. The number of aliphatic imine (C=N–C) groups is 1. The first-order valence-corrected chi connectivity index (χ1v) is 19.3. The number of rotatable bonds is 3. The Morgan fingerprint density at radius 2 is 1.22 bits per heavy atom. The first-order valence-electron chi connectivity index (χ1n) is 19.3. The summed E-state index contributed by atoms with van der Waals surface area (Å²) in [5.41, 5.74) is 18.9. The molecule has 0 bridgehead atoms. The van der Waals surface area contributed by atoms with Crippen molar-refractivity contribution in [2.45, 2.75) is 92.2 Å². The molecule has 0 unspecified atom stereocenters. The summed E-state index contributed by atoms with van der Waals surface area (Å²) < 4.78 is 9.44. The molecule has 7 aromatic rings. The summed E-state index contributed by atoms with van der Waals surface area (Å²) in [6.45, 7) is 22.4. The van der Waals surface area contributed by atoms with Gasteiger partial charge >= 0.3 is 0 Å². The molecule has 0 amide bonds. The van der Waals surface area contributed by atoms with Gasteiger partial charge in [0.1, 0.15) is 6.04 Å². The van der Waals surface area contributed by atoms with E-state index in [0.717, 1.165) is 28.0 Å². The van der Waals surface area contributed by atoms with Gasteiger partial charge in [0.2, 0.25) is 5.90 Å². The Labute approximate surface area is 319 Å². The van der Waals surface area contributed by atoms with Crippen molar-refractivity contribution in [2.24, 2.45) is 4.99 Å². The summed E-state index contributed by atoms with van der Waals surface area (Å²) in [5.74, 6) is 0.702. The lowest BCUT2D eigenvalue weighted by Gasteiger charge is -2.29. The molecule has 4 nitrogen and oxygen atoms in total.